The van der Waals surface area contributed by atoms with Crippen molar-refractivity contribution in [1.82, 2.24) is 0 Å². The molecule has 0 atom stereocenters. The van der Waals surface area contributed by atoms with Gasteiger partial charge in [0.1, 0.15) is 0 Å². The van der Waals surface area contributed by atoms with Crippen LogP contribution in [0.3, 0.4) is 0 Å². The predicted molar refractivity (Wildman–Crippen MR) is 73.6 cm³/mol. The summed E-state index contributed by atoms with van der Waals surface area (Å²) in [5, 5.41) is 0. The first-order chi connectivity index (χ1) is 7.62. The van der Waals surface area contributed by atoms with Crippen molar-refractivity contribution in [1.29, 1.82) is 0 Å². The van der Waals surface area contributed by atoms with E-state index in [1.165, 1.54) is 15.4 Å². The van der Waals surface area contributed by atoms with E-state index in [-0.39, 0.29) is 0 Å². The SMILES string of the molecule is Cc1ccccc1S(C)(C)c1ccccc1. The van der Waals surface area contributed by atoms with Crippen molar-refractivity contribution in [2.24, 2.45) is 0 Å². The molecule has 0 aliphatic rings. The molecule has 0 N–H and O–H groups in total. The molecule has 16 heavy (non-hydrogen) atoms. The summed E-state index contributed by atoms with van der Waals surface area (Å²) >= 11 is 0. The molecule has 0 radical (unpaired) electrons. The van der Waals surface area contributed by atoms with Gasteiger partial charge in [0, 0.05) is 0 Å². The molecule has 0 saturated heterocycles. The van der Waals surface area contributed by atoms with Gasteiger partial charge in [0.25, 0.3) is 0 Å². The molecule has 0 fully saturated rings. The maximum absolute atomic E-state index is 2.37. The lowest BCUT2D eigenvalue weighted by atomic mass is 10.2. The zero-order valence-corrected chi connectivity index (χ0v) is 10.9. The molecule has 0 aliphatic carbocycles. The van der Waals surface area contributed by atoms with E-state index in [2.05, 4.69) is 74.0 Å². The molecule has 0 bridgehead atoms. The maximum atomic E-state index is 2.37. The predicted octanol–water partition coefficient (Wildman–Crippen LogP) is 4.48. The topological polar surface area (TPSA) is 0 Å². The van der Waals surface area contributed by atoms with Crippen LogP contribution in [-0.2, 0) is 0 Å². The first kappa shape index (κ1) is 11.3. The third kappa shape index (κ3) is 2.00. The van der Waals surface area contributed by atoms with Gasteiger partial charge in [0.15, 0.2) is 0 Å². The molecule has 2 aromatic rings. The Kier molecular flexibility index (Phi) is 3.06. The van der Waals surface area contributed by atoms with Crippen LogP contribution in [0.25, 0.3) is 0 Å². The van der Waals surface area contributed by atoms with Gasteiger partial charge in [-0.1, -0.05) is 36.4 Å². The number of hydrogen-bond donors (Lipinski definition) is 0. The average molecular weight is 230 g/mol. The van der Waals surface area contributed by atoms with E-state index in [1.807, 2.05) is 0 Å². The van der Waals surface area contributed by atoms with Crippen LogP contribution < -0.4 is 0 Å². The lowest BCUT2D eigenvalue weighted by Gasteiger charge is -2.33. The van der Waals surface area contributed by atoms with Crippen molar-refractivity contribution < 1.29 is 0 Å². The molecule has 0 aromatic heterocycles. The molecule has 0 spiro atoms. The Morgan fingerprint density at radius 1 is 0.750 bits per heavy atom. The van der Waals surface area contributed by atoms with Gasteiger partial charge in [-0.3, -0.25) is 0 Å². The van der Waals surface area contributed by atoms with Crippen molar-refractivity contribution in [2.75, 3.05) is 12.5 Å². The number of aryl methyl sites for hydroxylation is 1. The second-order valence-corrected chi connectivity index (χ2v) is 7.97. The molecular weight excluding hydrogens is 212 g/mol. The Morgan fingerprint density at radius 2 is 1.31 bits per heavy atom. The fourth-order valence-electron chi connectivity index (χ4n) is 2.02. The summed E-state index contributed by atoms with van der Waals surface area (Å²) in [7, 11) is -0.870. The quantitative estimate of drug-likeness (QED) is 0.713. The third-order valence-electron chi connectivity index (χ3n) is 2.98. The molecule has 2 rings (SSSR count). The van der Waals surface area contributed by atoms with Crippen LogP contribution in [0.15, 0.2) is 64.4 Å². The molecule has 84 valence electrons. The monoisotopic (exact) mass is 230 g/mol. The highest BCUT2D eigenvalue weighted by molar-refractivity contribution is 8.32. The maximum Gasteiger partial charge on any atom is -0.00347 e. The van der Waals surface area contributed by atoms with Crippen molar-refractivity contribution in [3.8, 4) is 0 Å². The molecule has 0 unspecified atom stereocenters. The summed E-state index contributed by atoms with van der Waals surface area (Å²) in [5.74, 6) is 0. The van der Waals surface area contributed by atoms with Gasteiger partial charge in [0.2, 0.25) is 0 Å². The standard InChI is InChI=1S/C15H18S/c1-13-9-7-8-12-15(13)16(2,3)14-10-5-4-6-11-14/h4-12H,1-3H3. The van der Waals surface area contributed by atoms with E-state index < -0.39 is 10.0 Å². The minimum Gasteiger partial charge on any atom is -0.193 e. The van der Waals surface area contributed by atoms with Crippen LogP contribution in [0.1, 0.15) is 5.56 Å². The van der Waals surface area contributed by atoms with Gasteiger partial charge >= 0.3 is 0 Å². The lowest BCUT2D eigenvalue weighted by molar-refractivity contribution is 1.27. The highest BCUT2D eigenvalue weighted by atomic mass is 32.3. The van der Waals surface area contributed by atoms with Crippen LogP contribution in [-0.4, -0.2) is 12.5 Å². The number of rotatable bonds is 2. The Labute approximate surface area is 99.6 Å². The van der Waals surface area contributed by atoms with Gasteiger partial charge in [0.05, 0.1) is 0 Å². The van der Waals surface area contributed by atoms with E-state index in [0.29, 0.717) is 0 Å². The second kappa shape index (κ2) is 4.34. The summed E-state index contributed by atoms with van der Waals surface area (Å²) in [6.07, 6.45) is 4.73. The summed E-state index contributed by atoms with van der Waals surface area (Å²) in [6, 6.07) is 19.5. The fourth-order valence-corrected chi connectivity index (χ4v) is 4.40. The molecule has 0 heterocycles. The van der Waals surface area contributed by atoms with E-state index in [1.54, 1.807) is 0 Å². The first-order valence-electron chi connectivity index (χ1n) is 5.46. The lowest BCUT2D eigenvalue weighted by Crippen LogP contribution is -1.99. The summed E-state index contributed by atoms with van der Waals surface area (Å²) in [6.45, 7) is 2.20. The average Bonchev–Trinajstić information content (AvgIpc) is 2.30. The van der Waals surface area contributed by atoms with Crippen LogP contribution in [0, 0.1) is 6.92 Å². The van der Waals surface area contributed by atoms with Gasteiger partial charge < -0.3 is 0 Å². The summed E-state index contributed by atoms with van der Waals surface area (Å²) < 4.78 is 0. The molecule has 0 saturated carbocycles. The van der Waals surface area contributed by atoms with E-state index >= 15 is 0 Å². The molecule has 0 amide bonds. The van der Waals surface area contributed by atoms with Crippen molar-refractivity contribution in [2.45, 2.75) is 16.7 Å². The van der Waals surface area contributed by atoms with Crippen LogP contribution in [0.2, 0.25) is 0 Å². The van der Waals surface area contributed by atoms with Crippen LogP contribution in [0.4, 0.5) is 0 Å². The highest BCUT2D eigenvalue weighted by Crippen LogP contribution is 2.57. The fraction of sp³-hybridized carbons (Fsp3) is 0.200. The molecular formula is C15H18S. The summed E-state index contributed by atoms with van der Waals surface area (Å²) in [4.78, 5) is 2.94. The Bertz CT molecular complexity index is 472. The van der Waals surface area contributed by atoms with Crippen molar-refractivity contribution >= 4 is 10.0 Å². The molecule has 1 heteroatoms. The Balaban J connectivity index is 2.51. The molecule has 2 aromatic carbocycles. The molecule has 0 nitrogen and oxygen atoms in total. The number of benzene rings is 2. The Morgan fingerprint density at radius 3 is 1.94 bits per heavy atom. The van der Waals surface area contributed by atoms with Crippen molar-refractivity contribution in [3.05, 3.63) is 60.2 Å². The van der Waals surface area contributed by atoms with Gasteiger partial charge in [-0.05, 0) is 53.0 Å². The third-order valence-corrected chi connectivity index (χ3v) is 5.98. The normalized spacial score (nSPS) is 12.4. The van der Waals surface area contributed by atoms with Crippen molar-refractivity contribution in [3.63, 3.8) is 0 Å². The second-order valence-electron chi connectivity index (χ2n) is 4.41. The van der Waals surface area contributed by atoms with Gasteiger partial charge in [-0.2, -0.15) is 10.0 Å². The highest BCUT2D eigenvalue weighted by Gasteiger charge is 2.18. The summed E-state index contributed by atoms with van der Waals surface area (Å²) in [5.41, 5.74) is 1.39. The van der Waals surface area contributed by atoms with E-state index in [0.717, 1.165) is 0 Å². The van der Waals surface area contributed by atoms with E-state index in [9.17, 15) is 0 Å². The smallest absolute Gasteiger partial charge is 0.00347 e. The van der Waals surface area contributed by atoms with Crippen LogP contribution >= 0.6 is 10.0 Å². The zero-order valence-electron chi connectivity index (χ0n) is 10.1. The number of hydrogen-bond acceptors (Lipinski definition) is 0. The minimum absolute atomic E-state index is 0.870. The zero-order chi connectivity index (χ0) is 11.6. The minimum atomic E-state index is -0.870. The Hall–Kier alpha value is -1.21. The molecule has 0 aliphatic heterocycles. The largest absolute Gasteiger partial charge is 0.193 e. The van der Waals surface area contributed by atoms with Gasteiger partial charge in [-0.15, -0.1) is 0 Å². The van der Waals surface area contributed by atoms with Gasteiger partial charge in [-0.25, -0.2) is 0 Å². The van der Waals surface area contributed by atoms with Crippen LogP contribution in [0.5, 0.6) is 0 Å². The first-order valence-corrected chi connectivity index (χ1v) is 7.91. The van der Waals surface area contributed by atoms with E-state index in [4.69, 9.17) is 0 Å².